The van der Waals surface area contributed by atoms with E-state index in [1.165, 1.54) is 12.4 Å². The van der Waals surface area contributed by atoms with Crippen molar-refractivity contribution < 1.29 is 18.7 Å². The Hall–Kier alpha value is -3.01. The molecule has 186 valence electrons. The topological polar surface area (TPSA) is 88.6 Å². The first-order valence-electron chi connectivity index (χ1n) is 11.5. The van der Waals surface area contributed by atoms with Crippen molar-refractivity contribution in [2.75, 3.05) is 32.7 Å². The quantitative estimate of drug-likeness (QED) is 0.476. The molecule has 1 aromatic heterocycles. The van der Waals surface area contributed by atoms with E-state index in [1.807, 2.05) is 17.9 Å². The zero-order valence-corrected chi connectivity index (χ0v) is 20.7. The first-order chi connectivity index (χ1) is 16.9. The highest BCUT2D eigenvalue weighted by Crippen LogP contribution is 2.33. The van der Waals surface area contributed by atoms with Crippen LogP contribution in [0.5, 0.6) is 5.75 Å². The number of anilines is 2. The van der Waals surface area contributed by atoms with Crippen LogP contribution in [0.15, 0.2) is 36.7 Å². The maximum atomic E-state index is 14.5. The van der Waals surface area contributed by atoms with Gasteiger partial charge >= 0.3 is 0 Å². The molecule has 0 saturated carbocycles. The second-order valence-electron chi connectivity index (χ2n) is 8.45. The van der Waals surface area contributed by atoms with Gasteiger partial charge in [-0.25, -0.2) is 14.4 Å². The van der Waals surface area contributed by atoms with E-state index in [0.717, 1.165) is 18.4 Å². The highest BCUT2D eigenvalue weighted by Gasteiger charge is 2.29. The van der Waals surface area contributed by atoms with E-state index in [0.29, 0.717) is 42.2 Å². The normalized spacial score (nSPS) is 15.1. The third kappa shape index (κ3) is 5.47. The summed E-state index contributed by atoms with van der Waals surface area (Å²) in [5.74, 6) is 0.475. The fraction of sp³-hybridized carbons (Fsp3) is 0.400. The number of rotatable bonds is 8. The molecule has 2 heterocycles. The fourth-order valence-corrected chi connectivity index (χ4v) is 4.38. The predicted octanol–water partition coefficient (Wildman–Crippen LogP) is 4.29. The van der Waals surface area contributed by atoms with Gasteiger partial charge in [-0.2, -0.15) is 0 Å². The number of benzene rings is 2. The third-order valence-electron chi connectivity index (χ3n) is 6.30. The Labute approximate surface area is 208 Å². The summed E-state index contributed by atoms with van der Waals surface area (Å²) in [4.78, 5) is 23.9. The lowest BCUT2D eigenvalue weighted by Crippen LogP contribution is -2.49. The highest BCUT2D eigenvalue weighted by molar-refractivity contribution is 6.31. The summed E-state index contributed by atoms with van der Waals surface area (Å²) in [7, 11) is 3.36. The van der Waals surface area contributed by atoms with Crippen LogP contribution < -0.4 is 15.4 Å². The van der Waals surface area contributed by atoms with Crippen molar-refractivity contribution in [1.82, 2.24) is 20.2 Å². The average molecular weight is 502 g/mol. The number of carbonyl (C=O) groups is 1. The van der Waals surface area contributed by atoms with Crippen LogP contribution in [0.25, 0.3) is 10.9 Å². The van der Waals surface area contributed by atoms with Crippen LogP contribution in [-0.2, 0) is 16.1 Å². The molecule has 1 fully saturated rings. The molecule has 2 aromatic carbocycles. The van der Waals surface area contributed by atoms with Gasteiger partial charge in [0.2, 0.25) is 5.91 Å². The van der Waals surface area contributed by atoms with E-state index in [-0.39, 0.29) is 28.7 Å². The number of ether oxygens (including phenoxy) is 2. The first kappa shape index (κ1) is 25.1. The number of fused-ring (bicyclic) bond motifs is 1. The molecule has 35 heavy (non-hydrogen) atoms. The van der Waals surface area contributed by atoms with Gasteiger partial charge in [0.05, 0.1) is 29.4 Å². The summed E-state index contributed by atoms with van der Waals surface area (Å²) in [5, 5.41) is 6.76. The maximum absolute atomic E-state index is 14.5. The van der Waals surface area contributed by atoms with Gasteiger partial charge in [0, 0.05) is 42.8 Å². The van der Waals surface area contributed by atoms with Crippen LogP contribution >= 0.6 is 11.6 Å². The molecule has 0 bridgehead atoms. The number of carbonyl (C=O) groups excluding carboxylic acids is 1. The number of amides is 1. The van der Waals surface area contributed by atoms with Crippen LogP contribution in [0.3, 0.4) is 0 Å². The highest BCUT2D eigenvalue weighted by atomic mass is 35.5. The smallest absolute Gasteiger partial charge is 0.239 e. The molecule has 0 aliphatic carbocycles. The molecule has 2 N–H and O–H groups in total. The Morgan fingerprint density at radius 3 is 2.80 bits per heavy atom. The third-order valence-corrected chi connectivity index (χ3v) is 6.59. The summed E-state index contributed by atoms with van der Waals surface area (Å²) in [6.45, 7) is 3.42. The van der Waals surface area contributed by atoms with Crippen molar-refractivity contribution in [3.05, 3.63) is 53.1 Å². The standard InChI is InChI=1S/C25H29ClFN5O3/c1-15(28-2)25(33)32(17-7-9-35-10-8-17)13-16-11-18-21(12-22(16)34-3)29-14-30-24(18)31-20-6-4-5-19(26)23(20)27/h4-6,11-12,14-15,17,28H,7-10,13H2,1-3H3,(H,29,30,31)/t15-/m1/s1. The minimum absolute atomic E-state index is 0.00482. The van der Waals surface area contributed by atoms with Crippen LogP contribution in [0, 0.1) is 5.82 Å². The molecule has 8 nitrogen and oxygen atoms in total. The largest absolute Gasteiger partial charge is 0.496 e. The maximum Gasteiger partial charge on any atom is 0.239 e. The van der Waals surface area contributed by atoms with Crippen LogP contribution in [0.4, 0.5) is 15.9 Å². The Kier molecular flexibility index (Phi) is 8.00. The number of hydrogen-bond donors (Lipinski definition) is 2. The van der Waals surface area contributed by atoms with Gasteiger partial charge < -0.3 is 25.0 Å². The van der Waals surface area contributed by atoms with Gasteiger partial charge in [-0.1, -0.05) is 17.7 Å². The van der Waals surface area contributed by atoms with Crippen molar-refractivity contribution in [3.8, 4) is 5.75 Å². The number of halogens is 2. The molecule has 0 radical (unpaired) electrons. The molecule has 0 unspecified atom stereocenters. The molecule has 1 atom stereocenters. The van der Waals surface area contributed by atoms with Gasteiger partial charge in [0.1, 0.15) is 17.9 Å². The number of likely N-dealkylation sites (N-methyl/N-ethyl adjacent to an activating group) is 1. The Morgan fingerprint density at radius 2 is 2.09 bits per heavy atom. The molecule has 1 amide bonds. The van der Waals surface area contributed by atoms with Crippen LogP contribution in [0.1, 0.15) is 25.3 Å². The average Bonchev–Trinajstić information content (AvgIpc) is 2.89. The van der Waals surface area contributed by atoms with Crippen LogP contribution in [-0.4, -0.2) is 60.2 Å². The Balaban J connectivity index is 1.74. The number of nitrogens with zero attached hydrogens (tertiary/aromatic N) is 3. The van der Waals surface area contributed by atoms with Gasteiger partial charge in [0.25, 0.3) is 0 Å². The van der Waals surface area contributed by atoms with Crippen LogP contribution in [0.2, 0.25) is 5.02 Å². The zero-order valence-electron chi connectivity index (χ0n) is 20.0. The van der Waals surface area contributed by atoms with E-state index in [9.17, 15) is 9.18 Å². The molecule has 0 spiro atoms. The van der Waals surface area contributed by atoms with Crippen molar-refractivity contribution in [1.29, 1.82) is 0 Å². The SMILES string of the molecule is CN[C@H](C)C(=O)N(Cc1cc2c(Nc3cccc(Cl)c3F)ncnc2cc1OC)C1CCOCC1. The van der Waals surface area contributed by atoms with Gasteiger partial charge in [0.15, 0.2) is 5.82 Å². The molecular weight excluding hydrogens is 473 g/mol. The summed E-state index contributed by atoms with van der Waals surface area (Å²) >= 11 is 5.95. The molecule has 4 rings (SSSR count). The number of hydrogen-bond acceptors (Lipinski definition) is 7. The van der Waals surface area contributed by atoms with E-state index < -0.39 is 5.82 Å². The van der Waals surface area contributed by atoms with Crippen molar-refractivity contribution in [3.63, 3.8) is 0 Å². The number of nitrogens with one attached hydrogen (secondary N) is 2. The molecule has 10 heteroatoms. The van der Waals surface area contributed by atoms with E-state index in [2.05, 4.69) is 20.6 Å². The Morgan fingerprint density at radius 1 is 1.31 bits per heavy atom. The summed E-state index contributed by atoms with van der Waals surface area (Å²) in [6.07, 6.45) is 2.93. The van der Waals surface area contributed by atoms with Gasteiger partial charge in [-0.05, 0) is 45.0 Å². The van der Waals surface area contributed by atoms with Crippen molar-refractivity contribution in [2.45, 2.75) is 38.4 Å². The van der Waals surface area contributed by atoms with Gasteiger partial charge in [-0.15, -0.1) is 0 Å². The molecule has 1 aliphatic rings. The van der Waals surface area contributed by atoms with E-state index >= 15 is 0 Å². The fourth-order valence-electron chi connectivity index (χ4n) is 4.21. The van der Waals surface area contributed by atoms with E-state index in [4.69, 9.17) is 21.1 Å². The lowest BCUT2D eigenvalue weighted by Gasteiger charge is -2.36. The minimum atomic E-state index is -0.563. The molecular formula is C25H29ClFN5O3. The minimum Gasteiger partial charge on any atom is -0.496 e. The molecule has 1 aliphatic heterocycles. The van der Waals surface area contributed by atoms with Crippen molar-refractivity contribution in [2.24, 2.45) is 0 Å². The molecule has 3 aromatic rings. The second-order valence-corrected chi connectivity index (χ2v) is 8.86. The van der Waals surface area contributed by atoms with Crippen molar-refractivity contribution >= 4 is 39.9 Å². The van der Waals surface area contributed by atoms with E-state index in [1.54, 1.807) is 32.4 Å². The summed E-state index contributed by atoms with van der Waals surface area (Å²) < 4.78 is 25.7. The lowest BCUT2D eigenvalue weighted by molar-refractivity contribution is -0.138. The molecule has 1 saturated heterocycles. The summed E-state index contributed by atoms with van der Waals surface area (Å²) in [6, 6.07) is 8.14. The van der Waals surface area contributed by atoms with Gasteiger partial charge in [-0.3, -0.25) is 4.79 Å². The Bertz CT molecular complexity index is 1210. The monoisotopic (exact) mass is 501 g/mol. The predicted molar refractivity (Wildman–Crippen MR) is 134 cm³/mol. The number of aromatic nitrogens is 2. The zero-order chi connectivity index (χ0) is 24.9. The summed E-state index contributed by atoms with van der Waals surface area (Å²) in [5.41, 5.74) is 1.63. The second kappa shape index (κ2) is 11.2. The lowest BCUT2D eigenvalue weighted by atomic mass is 10.0. The number of methoxy groups -OCH3 is 1. The first-order valence-corrected chi connectivity index (χ1v) is 11.9.